The van der Waals surface area contributed by atoms with Crippen molar-refractivity contribution < 1.29 is 39.8 Å². The lowest BCUT2D eigenvalue weighted by atomic mass is 9.99. The summed E-state index contributed by atoms with van der Waals surface area (Å²) in [4.78, 5) is 12.8. The third kappa shape index (κ3) is 36.8. The summed E-state index contributed by atoms with van der Waals surface area (Å²) in [5.74, 6) is -0.150. The Kier molecular flexibility index (Phi) is 44.9. The molecule has 0 aliphatic carbocycles. The van der Waals surface area contributed by atoms with Crippen molar-refractivity contribution in [1.29, 1.82) is 0 Å². The first kappa shape index (κ1) is 62.2. The highest BCUT2D eigenvalue weighted by Gasteiger charge is 2.44. The van der Waals surface area contributed by atoms with Gasteiger partial charge in [-0.1, -0.05) is 277 Å². The first-order valence-corrected chi connectivity index (χ1v) is 28.7. The van der Waals surface area contributed by atoms with Crippen molar-refractivity contribution in [2.24, 2.45) is 0 Å². The van der Waals surface area contributed by atoms with Crippen LogP contribution in [0.4, 0.5) is 0 Å². The third-order valence-corrected chi connectivity index (χ3v) is 14.2. The minimum Gasteiger partial charge on any atom is -0.394 e. The van der Waals surface area contributed by atoms with Crippen LogP contribution in [0.25, 0.3) is 0 Å². The van der Waals surface area contributed by atoms with Gasteiger partial charge >= 0.3 is 0 Å². The van der Waals surface area contributed by atoms with Crippen LogP contribution < -0.4 is 5.32 Å². The Morgan fingerprint density at radius 1 is 0.462 bits per heavy atom. The predicted octanol–water partition coefficient (Wildman–Crippen LogP) is 13.9. The molecule has 0 bridgehead atoms. The van der Waals surface area contributed by atoms with Crippen molar-refractivity contribution in [3.63, 3.8) is 0 Å². The maximum Gasteiger partial charge on any atom is 0.220 e. The van der Waals surface area contributed by atoms with Crippen LogP contribution >= 0.6 is 0 Å². The molecular formula is C56H111NO8. The van der Waals surface area contributed by atoms with E-state index in [-0.39, 0.29) is 12.5 Å². The summed E-state index contributed by atoms with van der Waals surface area (Å²) in [6.45, 7) is 3.70. The van der Waals surface area contributed by atoms with Gasteiger partial charge in [0, 0.05) is 6.42 Å². The van der Waals surface area contributed by atoms with Gasteiger partial charge in [-0.25, -0.2) is 0 Å². The van der Waals surface area contributed by atoms with Gasteiger partial charge in [0.05, 0.1) is 25.4 Å². The summed E-state index contributed by atoms with van der Waals surface area (Å²) < 4.78 is 11.1. The van der Waals surface area contributed by atoms with Crippen molar-refractivity contribution in [3.05, 3.63) is 0 Å². The maximum atomic E-state index is 12.8. The monoisotopic (exact) mass is 926 g/mol. The van der Waals surface area contributed by atoms with Crippen molar-refractivity contribution in [2.75, 3.05) is 13.2 Å². The van der Waals surface area contributed by atoms with E-state index >= 15 is 0 Å². The van der Waals surface area contributed by atoms with Gasteiger partial charge in [0.2, 0.25) is 5.91 Å². The molecule has 0 aromatic rings. The molecule has 6 N–H and O–H groups in total. The lowest BCUT2D eigenvalue weighted by Crippen LogP contribution is -2.60. The lowest BCUT2D eigenvalue weighted by Gasteiger charge is -2.40. The number of aliphatic hydroxyl groups excluding tert-OH is 5. The number of hydrogen-bond donors (Lipinski definition) is 6. The Morgan fingerprint density at radius 2 is 0.769 bits per heavy atom. The van der Waals surface area contributed by atoms with Crippen LogP contribution in [0.1, 0.15) is 296 Å². The average Bonchev–Trinajstić information content (AvgIpc) is 3.30. The molecule has 9 heteroatoms. The van der Waals surface area contributed by atoms with E-state index in [4.69, 9.17) is 9.47 Å². The number of rotatable bonds is 50. The molecular weight excluding hydrogens is 815 g/mol. The lowest BCUT2D eigenvalue weighted by molar-refractivity contribution is -0.302. The topological polar surface area (TPSA) is 149 Å². The SMILES string of the molecule is CCCCCCCCCCCCCCCCCCCCCCCCCCCCCCCCCCCCCCCCCC(=O)NC(COC1OC(CO)C(O)C(O)C1O)C(O)CCCCC. The van der Waals surface area contributed by atoms with E-state index in [2.05, 4.69) is 19.2 Å². The molecule has 0 spiro atoms. The first-order chi connectivity index (χ1) is 31.8. The predicted molar refractivity (Wildman–Crippen MR) is 272 cm³/mol. The van der Waals surface area contributed by atoms with E-state index in [1.165, 1.54) is 231 Å². The zero-order valence-electron chi connectivity index (χ0n) is 43.0. The minimum absolute atomic E-state index is 0.137. The molecule has 9 nitrogen and oxygen atoms in total. The minimum atomic E-state index is -1.55. The number of carbonyl (C=O) groups excluding carboxylic acids is 1. The molecule has 1 rings (SSSR count). The molecule has 0 aromatic carbocycles. The van der Waals surface area contributed by atoms with Crippen LogP contribution in [0.3, 0.4) is 0 Å². The van der Waals surface area contributed by atoms with Gasteiger partial charge in [-0.15, -0.1) is 0 Å². The Balaban J connectivity index is 1.86. The van der Waals surface area contributed by atoms with Crippen LogP contribution in [-0.2, 0) is 14.3 Å². The molecule has 1 heterocycles. The van der Waals surface area contributed by atoms with Gasteiger partial charge in [-0.3, -0.25) is 4.79 Å². The van der Waals surface area contributed by atoms with Crippen LogP contribution in [0.15, 0.2) is 0 Å². The molecule has 1 aliphatic rings. The zero-order chi connectivity index (χ0) is 47.3. The Labute approximate surface area is 402 Å². The molecule has 0 saturated carbocycles. The Morgan fingerprint density at radius 3 is 1.09 bits per heavy atom. The molecule has 1 amide bonds. The van der Waals surface area contributed by atoms with Gasteiger partial charge in [0.15, 0.2) is 6.29 Å². The molecule has 1 aliphatic heterocycles. The van der Waals surface area contributed by atoms with Gasteiger partial charge in [-0.2, -0.15) is 0 Å². The highest BCUT2D eigenvalue weighted by Crippen LogP contribution is 2.23. The van der Waals surface area contributed by atoms with E-state index in [0.717, 1.165) is 38.5 Å². The molecule has 7 atom stereocenters. The quantitative estimate of drug-likeness (QED) is 0.0330. The fourth-order valence-electron chi connectivity index (χ4n) is 9.64. The fraction of sp³-hybridized carbons (Fsp3) is 0.982. The van der Waals surface area contributed by atoms with E-state index < -0.39 is 49.5 Å². The van der Waals surface area contributed by atoms with Crippen molar-refractivity contribution in [3.8, 4) is 0 Å². The molecule has 1 fully saturated rings. The number of nitrogens with one attached hydrogen (secondary N) is 1. The van der Waals surface area contributed by atoms with Crippen LogP contribution in [0, 0.1) is 0 Å². The van der Waals surface area contributed by atoms with Crippen LogP contribution in [0.2, 0.25) is 0 Å². The number of aliphatic hydroxyl groups is 5. The summed E-state index contributed by atoms with van der Waals surface area (Å²) in [6, 6.07) is -0.709. The highest BCUT2D eigenvalue weighted by molar-refractivity contribution is 5.76. The van der Waals surface area contributed by atoms with E-state index in [1.807, 2.05) is 0 Å². The van der Waals surface area contributed by atoms with Gasteiger partial charge < -0.3 is 40.3 Å². The van der Waals surface area contributed by atoms with E-state index in [9.17, 15) is 30.3 Å². The van der Waals surface area contributed by atoms with Crippen molar-refractivity contribution >= 4 is 5.91 Å². The van der Waals surface area contributed by atoms with Crippen molar-refractivity contribution in [2.45, 2.75) is 339 Å². The second kappa shape index (κ2) is 46.9. The second-order valence-electron chi connectivity index (χ2n) is 20.5. The summed E-state index contributed by atoms with van der Waals surface area (Å²) in [5, 5.41) is 53.7. The number of hydrogen-bond acceptors (Lipinski definition) is 8. The summed E-state index contributed by atoms with van der Waals surface area (Å²) >= 11 is 0. The smallest absolute Gasteiger partial charge is 0.220 e. The average molecular weight is 927 g/mol. The second-order valence-corrected chi connectivity index (χ2v) is 20.5. The summed E-state index contributed by atoms with van der Waals surface area (Å²) in [5.41, 5.74) is 0. The fourth-order valence-corrected chi connectivity index (χ4v) is 9.64. The molecule has 1 saturated heterocycles. The highest BCUT2D eigenvalue weighted by atomic mass is 16.7. The maximum absolute atomic E-state index is 12.8. The van der Waals surface area contributed by atoms with Crippen molar-refractivity contribution in [1.82, 2.24) is 5.32 Å². The van der Waals surface area contributed by atoms with Crippen LogP contribution in [0.5, 0.6) is 0 Å². The molecule has 0 aromatic heterocycles. The normalized spacial score (nSPS) is 19.8. The number of carbonyl (C=O) groups is 1. The first-order valence-electron chi connectivity index (χ1n) is 28.7. The number of amides is 1. The molecule has 7 unspecified atom stereocenters. The summed E-state index contributed by atoms with van der Waals surface area (Å²) in [6.07, 6.45) is 50.0. The van der Waals surface area contributed by atoms with Gasteiger partial charge in [0.25, 0.3) is 0 Å². The zero-order valence-corrected chi connectivity index (χ0v) is 43.0. The van der Waals surface area contributed by atoms with Gasteiger partial charge in [0.1, 0.15) is 24.4 Å². The third-order valence-electron chi connectivity index (χ3n) is 14.2. The Bertz CT molecular complexity index is 986. The Hall–Kier alpha value is -0.810. The number of ether oxygens (including phenoxy) is 2. The molecule has 388 valence electrons. The number of unbranched alkanes of at least 4 members (excludes halogenated alkanes) is 40. The van der Waals surface area contributed by atoms with Crippen LogP contribution in [-0.4, -0.2) is 87.5 Å². The standard InChI is InChI=1S/C56H111NO8/c1-3-5-7-8-9-10-11-12-13-14-15-16-17-18-19-20-21-22-23-24-25-26-27-28-29-30-31-32-33-34-35-36-37-38-39-40-41-42-44-46-52(60)57-49(50(59)45-43-6-4-2)48-64-56-55(63)54(62)53(61)51(47-58)65-56/h49-51,53-56,58-59,61-63H,3-48H2,1-2H3,(H,57,60). The molecule has 65 heavy (non-hydrogen) atoms. The van der Waals surface area contributed by atoms with E-state index in [1.54, 1.807) is 0 Å². The van der Waals surface area contributed by atoms with E-state index in [0.29, 0.717) is 12.8 Å². The van der Waals surface area contributed by atoms with Gasteiger partial charge in [-0.05, 0) is 12.8 Å². The summed E-state index contributed by atoms with van der Waals surface area (Å²) in [7, 11) is 0. The largest absolute Gasteiger partial charge is 0.394 e. The molecule has 0 radical (unpaired) electrons.